The Kier molecular flexibility index (Phi) is 7.94. The summed E-state index contributed by atoms with van der Waals surface area (Å²) in [5, 5.41) is 2.84. The standard InChI is InChI=1S/C32H25ClN2O5/c1-21-9-11-22(12-10-21)19-39-27-7-4-5-23(17-27)18-28-30(36)34-32(38)35(31(28)37)25-13-15-26(16-14-25)40-20-24-6-2-3-8-29(24)33/h2-18H,19-20H2,1H3,(H,34,36,38)/b28-18-. The van der Waals surface area contributed by atoms with Crippen molar-refractivity contribution in [1.82, 2.24) is 5.32 Å². The van der Waals surface area contributed by atoms with E-state index in [9.17, 15) is 14.4 Å². The Hall–Kier alpha value is -4.88. The molecule has 0 aliphatic carbocycles. The van der Waals surface area contributed by atoms with Crippen molar-refractivity contribution >= 4 is 41.2 Å². The largest absolute Gasteiger partial charge is 0.489 e. The van der Waals surface area contributed by atoms with Gasteiger partial charge in [0.05, 0.1) is 5.69 Å². The predicted molar refractivity (Wildman–Crippen MR) is 153 cm³/mol. The van der Waals surface area contributed by atoms with Crippen LogP contribution in [0.1, 0.15) is 22.3 Å². The van der Waals surface area contributed by atoms with Gasteiger partial charge in [0.2, 0.25) is 0 Å². The Morgan fingerprint density at radius 1 is 0.800 bits per heavy atom. The molecule has 0 bridgehead atoms. The van der Waals surface area contributed by atoms with E-state index in [1.165, 1.54) is 6.08 Å². The number of aryl methyl sites for hydroxylation is 1. The van der Waals surface area contributed by atoms with Crippen molar-refractivity contribution < 1.29 is 23.9 Å². The first-order valence-corrected chi connectivity index (χ1v) is 12.9. The SMILES string of the molecule is Cc1ccc(COc2cccc(/C=C3/C(=O)NC(=O)N(c4ccc(OCc5ccccc5Cl)cc4)C3=O)c2)cc1. The molecule has 0 spiro atoms. The highest BCUT2D eigenvalue weighted by Crippen LogP contribution is 2.26. The van der Waals surface area contributed by atoms with E-state index in [1.54, 1.807) is 54.6 Å². The summed E-state index contributed by atoms with van der Waals surface area (Å²) in [6.07, 6.45) is 1.44. The molecule has 5 rings (SSSR count). The maximum Gasteiger partial charge on any atom is 0.335 e. The molecule has 4 aromatic rings. The van der Waals surface area contributed by atoms with Crippen LogP contribution in [0.5, 0.6) is 11.5 Å². The topological polar surface area (TPSA) is 84.9 Å². The fraction of sp³-hybridized carbons (Fsp3) is 0.0938. The van der Waals surface area contributed by atoms with Crippen LogP contribution in [0, 0.1) is 6.92 Å². The van der Waals surface area contributed by atoms with Crippen LogP contribution in [-0.2, 0) is 22.8 Å². The molecular weight excluding hydrogens is 528 g/mol. The first-order chi connectivity index (χ1) is 19.4. The third-order valence-corrected chi connectivity index (χ3v) is 6.61. The number of amides is 4. The fourth-order valence-corrected chi connectivity index (χ4v) is 4.26. The summed E-state index contributed by atoms with van der Waals surface area (Å²) in [6.45, 7) is 2.66. The van der Waals surface area contributed by atoms with Crippen molar-refractivity contribution in [2.45, 2.75) is 20.1 Å². The molecular formula is C32H25ClN2O5. The number of benzene rings is 4. The Morgan fingerprint density at radius 3 is 2.27 bits per heavy atom. The van der Waals surface area contributed by atoms with Gasteiger partial charge in [-0.1, -0.05) is 71.8 Å². The van der Waals surface area contributed by atoms with Gasteiger partial charge in [0.25, 0.3) is 11.8 Å². The lowest BCUT2D eigenvalue weighted by atomic mass is 10.1. The average molecular weight is 553 g/mol. The van der Waals surface area contributed by atoms with Gasteiger partial charge < -0.3 is 9.47 Å². The molecule has 1 aliphatic rings. The minimum Gasteiger partial charge on any atom is -0.489 e. The molecule has 0 saturated carbocycles. The number of hydrogen-bond donors (Lipinski definition) is 1. The summed E-state index contributed by atoms with van der Waals surface area (Å²) in [5.74, 6) is -0.386. The van der Waals surface area contributed by atoms with Gasteiger partial charge in [0.15, 0.2) is 0 Å². The molecule has 1 fully saturated rings. The van der Waals surface area contributed by atoms with Crippen LogP contribution in [0.2, 0.25) is 5.02 Å². The van der Waals surface area contributed by atoms with Crippen molar-refractivity contribution in [3.63, 3.8) is 0 Å². The zero-order valence-corrected chi connectivity index (χ0v) is 22.4. The molecule has 1 heterocycles. The second-order valence-electron chi connectivity index (χ2n) is 9.18. The van der Waals surface area contributed by atoms with E-state index >= 15 is 0 Å². The molecule has 200 valence electrons. The molecule has 7 nitrogen and oxygen atoms in total. The van der Waals surface area contributed by atoms with Gasteiger partial charge in [0, 0.05) is 10.6 Å². The second kappa shape index (κ2) is 11.9. The van der Waals surface area contributed by atoms with Gasteiger partial charge in [-0.05, 0) is 66.6 Å². The van der Waals surface area contributed by atoms with Crippen molar-refractivity contribution in [2.75, 3.05) is 4.90 Å². The summed E-state index contributed by atoms with van der Waals surface area (Å²) in [7, 11) is 0. The molecule has 0 atom stereocenters. The molecule has 4 aromatic carbocycles. The van der Waals surface area contributed by atoms with Gasteiger partial charge in [-0.2, -0.15) is 0 Å². The number of urea groups is 1. The quantitative estimate of drug-likeness (QED) is 0.200. The zero-order valence-electron chi connectivity index (χ0n) is 21.6. The number of hydrogen-bond acceptors (Lipinski definition) is 5. The van der Waals surface area contributed by atoms with Crippen LogP contribution in [0.25, 0.3) is 6.08 Å². The van der Waals surface area contributed by atoms with Crippen molar-refractivity contribution in [2.24, 2.45) is 0 Å². The number of halogens is 1. The molecule has 0 aromatic heterocycles. The van der Waals surface area contributed by atoms with Crippen molar-refractivity contribution in [3.05, 3.63) is 130 Å². The molecule has 1 aliphatic heterocycles. The monoisotopic (exact) mass is 552 g/mol. The Morgan fingerprint density at radius 2 is 1.52 bits per heavy atom. The number of carbonyl (C=O) groups is 3. The highest BCUT2D eigenvalue weighted by Gasteiger charge is 2.36. The molecule has 40 heavy (non-hydrogen) atoms. The van der Waals surface area contributed by atoms with Crippen LogP contribution >= 0.6 is 11.6 Å². The Bertz CT molecular complexity index is 1600. The smallest absolute Gasteiger partial charge is 0.335 e. The number of nitrogens with zero attached hydrogens (tertiary/aromatic N) is 1. The van der Waals surface area contributed by atoms with Crippen molar-refractivity contribution in [1.29, 1.82) is 0 Å². The third-order valence-electron chi connectivity index (χ3n) is 6.24. The molecule has 1 N–H and O–H groups in total. The van der Waals surface area contributed by atoms with E-state index in [4.69, 9.17) is 21.1 Å². The Labute approximate surface area is 236 Å². The number of carbonyl (C=O) groups excluding carboxylic acids is 3. The lowest BCUT2D eigenvalue weighted by molar-refractivity contribution is -0.122. The van der Waals surface area contributed by atoms with Gasteiger partial charge in [-0.25, -0.2) is 9.69 Å². The normalized spacial score (nSPS) is 14.3. The van der Waals surface area contributed by atoms with Gasteiger partial charge in [-0.15, -0.1) is 0 Å². The molecule has 1 saturated heterocycles. The van der Waals surface area contributed by atoms with E-state index in [0.717, 1.165) is 21.6 Å². The van der Waals surface area contributed by atoms with E-state index < -0.39 is 17.8 Å². The average Bonchev–Trinajstić information content (AvgIpc) is 2.95. The second-order valence-corrected chi connectivity index (χ2v) is 9.59. The highest BCUT2D eigenvalue weighted by atomic mass is 35.5. The van der Waals surface area contributed by atoms with E-state index in [0.29, 0.717) is 34.4 Å². The van der Waals surface area contributed by atoms with E-state index in [1.807, 2.05) is 49.4 Å². The van der Waals surface area contributed by atoms with Crippen molar-refractivity contribution in [3.8, 4) is 11.5 Å². The maximum absolute atomic E-state index is 13.3. The predicted octanol–water partition coefficient (Wildman–Crippen LogP) is 6.47. The maximum atomic E-state index is 13.3. The van der Waals surface area contributed by atoms with Crippen LogP contribution in [0.15, 0.2) is 103 Å². The van der Waals surface area contributed by atoms with Gasteiger partial charge in [-0.3, -0.25) is 14.9 Å². The van der Waals surface area contributed by atoms with E-state index in [-0.39, 0.29) is 12.2 Å². The molecule has 8 heteroatoms. The van der Waals surface area contributed by atoms with Gasteiger partial charge >= 0.3 is 6.03 Å². The van der Waals surface area contributed by atoms with Gasteiger partial charge in [0.1, 0.15) is 30.3 Å². The summed E-state index contributed by atoms with van der Waals surface area (Å²) in [6, 6.07) is 28.0. The van der Waals surface area contributed by atoms with Crippen LogP contribution in [0.3, 0.4) is 0 Å². The van der Waals surface area contributed by atoms with Crippen LogP contribution in [0.4, 0.5) is 10.5 Å². The lowest BCUT2D eigenvalue weighted by Crippen LogP contribution is -2.54. The molecule has 4 amide bonds. The van der Waals surface area contributed by atoms with E-state index in [2.05, 4.69) is 5.32 Å². The summed E-state index contributed by atoms with van der Waals surface area (Å²) < 4.78 is 11.7. The highest BCUT2D eigenvalue weighted by molar-refractivity contribution is 6.39. The van der Waals surface area contributed by atoms with Crippen LogP contribution < -0.4 is 19.7 Å². The fourth-order valence-electron chi connectivity index (χ4n) is 4.07. The lowest BCUT2D eigenvalue weighted by Gasteiger charge is -2.26. The third kappa shape index (κ3) is 6.22. The Balaban J connectivity index is 1.30. The first-order valence-electron chi connectivity index (χ1n) is 12.5. The minimum atomic E-state index is -0.827. The van der Waals surface area contributed by atoms with Crippen LogP contribution in [-0.4, -0.2) is 17.8 Å². The summed E-state index contributed by atoms with van der Waals surface area (Å²) in [4.78, 5) is 39.5. The number of rotatable bonds is 8. The number of barbiturate groups is 1. The summed E-state index contributed by atoms with van der Waals surface area (Å²) >= 11 is 6.18. The number of imide groups is 2. The number of nitrogens with one attached hydrogen (secondary N) is 1. The minimum absolute atomic E-state index is 0.172. The zero-order chi connectivity index (χ0) is 28.1. The molecule has 0 unspecified atom stereocenters. The number of ether oxygens (including phenoxy) is 2. The summed E-state index contributed by atoms with van der Waals surface area (Å²) in [5.41, 5.74) is 3.72. The number of anilines is 1. The first kappa shape index (κ1) is 26.7. The molecule has 0 radical (unpaired) electrons.